The smallest absolute Gasteiger partial charge is 0.330 e. The predicted molar refractivity (Wildman–Crippen MR) is 331 cm³/mol. The van der Waals surface area contributed by atoms with Crippen LogP contribution >= 0.6 is 11.3 Å². The van der Waals surface area contributed by atoms with E-state index in [0.29, 0.717) is 106 Å². The second-order valence-electron chi connectivity index (χ2n) is 21.4. The molecule has 1 aromatic heterocycles. The first kappa shape index (κ1) is 65.3. The van der Waals surface area contributed by atoms with Gasteiger partial charge in [-0.15, -0.1) is 0 Å². The molecule has 0 atom stereocenters. The minimum atomic E-state index is -3.97. The number of aromatic nitrogens is 1. The van der Waals surface area contributed by atoms with E-state index in [1.807, 2.05) is 24.3 Å². The number of benzene rings is 5. The van der Waals surface area contributed by atoms with E-state index >= 15 is 0 Å². The number of hydrogen-bond donors (Lipinski definition) is 0. The van der Waals surface area contributed by atoms with E-state index in [1.165, 1.54) is 52.9 Å². The third-order valence-corrected chi connectivity index (χ3v) is 17.6. The number of esters is 6. The first-order valence-corrected chi connectivity index (χ1v) is 32.2. The fraction of sp³-hybridized carbons (Fsp3) is 0.373. The van der Waals surface area contributed by atoms with Crippen molar-refractivity contribution in [3.05, 3.63) is 152 Å². The van der Waals surface area contributed by atoms with Crippen LogP contribution in [0.15, 0.2) is 157 Å². The van der Waals surface area contributed by atoms with E-state index in [0.717, 1.165) is 68.2 Å². The lowest BCUT2D eigenvalue weighted by Crippen LogP contribution is -2.30. The Hall–Kier alpha value is -8.69. The molecule has 0 unspecified atom stereocenters. The third kappa shape index (κ3) is 20.2. The monoisotopic (exact) mass is 1240 g/mol. The number of ether oxygens (including phenoxy) is 8. The highest BCUT2D eigenvalue weighted by atomic mass is 32.2. The fourth-order valence-corrected chi connectivity index (χ4v) is 12.2. The maximum absolute atomic E-state index is 14.0. The Bertz CT molecular complexity index is 3430. The van der Waals surface area contributed by atoms with Crippen molar-refractivity contribution in [3.8, 4) is 34.5 Å². The number of hydrazone groups is 1. The average Bonchev–Trinajstić information content (AvgIpc) is 2.68. The van der Waals surface area contributed by atoms with Crippen molar-refractivity contribution < 1.29 is 75.1 Å². The van der Waals surface area contributed by atoms with E-state index in [2.05, 4.69) is 18.3 Å². The SMILES string of the molecule is C=CC(=O)OCCCCCCOc1ccc(OC(=O)C2CCC(C(=O)Oc3ccc(OC(=O)C4CCC(C(=O)Oc5ccc(OCCCCCCOC(=O)C=C)cc5)CC4)c(/C=N/N(CS(=O)(=O)c4ccccc4)c4nc5ccccc5s4)c3)CC2)cc1. The van der Waals surface area contributed by atoms with Crippen LogP contribution in [-0.4, -0.2) is 87.7 Å². The summed E-state index contributed by atoms with van der Waals surface area (Å²) in [5.74, 6) is -3.09. The van der Waals surface area contributed by atoms with Gasteiger partial charge in [-0.2, -0.15) is 5.10 Å². The fourth-order valence-electron chi connectivity index (χ4n) is 9.97. The number of carbonyl (C=O) groups is 6. The number of hydrogen-bond acceptors (Lipinski definition) is 20. The molecule has 2 saturated carbocycles. The summed E-state index contributed by atoms with van der Waals surface area (Å²) in [4.78, 5) is 81.6. The molecule has 0 aliphatic heterocycles. The van der Waals surface area contributed by atoms with Gasteiger partial charge in [0.05, 0.1) is 71.4 Å². The molecule has 0 amide bonds. The number of thiazole rings is 1. The van der Waals surface area contributed by atoms with Gasteiger partial charge >= 0.3 is 35.8 Å². The van der Waals surface area contributed by atoms with Gasteiger partial charge in [-0.1, -0.05) is 54.8 Å². The Morgan fingerprint density at radius 3 is 1.41 bits per heavy atom. The Morgan fingerprint density at radius 1 is 0.511 bits per heavy atom. The minimum Gasteiger partial charge on any atom is -0.494 e. The van der Waals surface area contributed by atoms with E-state index in [9.17, 15) is 37.2 Å². The molecule has 0 bridgehead atoms. The number of rotatable bonds is 32. The van der Waals surface area contributed by atoms with Gasteiger partial charge in [-0.3, -0.25) is 19.2 Å². The first-order chi connectivity index (χ1) is 42.7. The van der Waals surface area contributed by atoms with Gasteiger partial charge in [0.1, 0.15) is 34.5 Å². The highest BCUT2D eigenvalue weighted by Crippen LogP contribution is 2.36. The highest BCUT2D eigenvalue weighted by Gasteiger charge is 2.34. The van der Waals surface area contributed by atoms with Crippen molar-refractivity contribution in [2.24, 2.45) is 28.8 Å². The van der Waals surface area contributed by atoms with E-state index < -0.39 is 75.2 Å². The Balaban J connectivity index is 0.868. The molecule has 2 aliphatic rings. The summed E-state index contributed by atoms with van der Waals surface area (Å²) < 4.78 is 73.8. The van der Waals surface area contributed by atoms with Crippen LogP contribution in [0.1, 0.15) is 108 Å². The lowest BCUT2D eigenvalue weighted by Gasteiger charge is -2.26. The van der Waals surface area contributed by atoms with Gasteiger partial charge in [-0.25, -0.2) is 28.0 Å². The van der Waals surface area contributed by atoms with Gasteiger partial charge in [0, 0.05) is 17.7 Å². The largest absolute Gasteiger partial charge is 0.494 e. The standard InChI is InChI=1S/C67H73N3O16S2/c1-3-61(71)81-42-16-7-5-14-40-79-52-30-34-54(35-31-52)83-63(73)47-22-24-49(25-23-47)65(75)85-56-38-39-59(51(44-56)45-68-70(46-88(77,78)57-18-10-9-11-19-57)67-69-58-20-12-13-21-60(58)87-67)86-66(76)50-28-26-48(27-29-50)64(74)84-55-36-32-53(33-37-55)80-41-15-6-8-17-43-82-62(72)4-2/h3-4,9-13,18-21,30-39,44-45,47-50H,1-2,5-8,14-17,22-29,40-43,46H2/b68-45+. The molecule has 88 heavy (non-hydrogen) atoms. The van der Waals surface area contributed by atoms with Gasteiger partial charge in [0.2, 0.25) is 5.13 Å². The van der Waals surface area contributed by atoms with Crippen molar-refractivity contribution in [3.63, 3.8) is 0 Å². The van der Waals surface area contributed by atoms with Crippen LogP contribution in [0, 0.1) is 23.7 Å². The maximum Gasteiger partial charge on any atom is 0.330 e. The summed E-state index contributed by atoms with van der Waals surface area (Å²) in [5, 5.41) is 6.21. The normalized spacial score (nSPS) is 16.6. The number of nitrogens with zero attached hydrogens (tertiary/aromatic N) is 3. The zero-order valence-corrected chi connectivity index (χ0v) is 50.7. The van der Waals surface area contributed by atoms with E-state index in [1.54, 1.807) is 66.7 Å². The molecule has 0 radical (unpaired) electrons. The van der Waals surface area contributed by atoms with Crippen LogP contribution in [-0.2, 0) is 48.1 Å². The molecule has 0 N–H and O–H groups in total. The molecular weight excluding hydrogens is 1170 g/mol. The molecule has 8 rings (SSSR count). The summed E-state index contributed by atoms with van der Waals surface area (Å²) in [5.41, 5.74) is 0.832. The lowest BCUT2D eigenvalue weighted by atomic mass is 9.82. The lowest BCUT2D eigenvalue weighted by molar-refractivity contribution is -0.145. The molecule has 2 fully saturated rings. The van der Waals surface area contributed by atoms with Crippen LogP contribution in [0.5, 0.6) is 34.5 Å². The summed E-state index contributed by atoms with van der Waals surface area (Å²) in [6, 6.07) is 33.5. The van der Waals surface area contributed by atoms with Gasteiger partial charge in [-0.05, 0) is 194 Å². The van der Waals surface area contributed by atoms with Crippen molar-refractivity contribution >= 4 is 78.6 Å². The Kier molecular flexibility index (Phi) is 24.8. The topological polar surface area (TPSA) is 239 Å². The minimum absolute atomic E-state index is 0.0663. The van der Waals surface area contributed by atoms with Gasteiger partial charge in [0.15, 0.2) is 15.7 Å². The number of unbranched alkanes of at least 4 members (excludes halogenated alkanes) is 6. The number of sulfone groups is 1. The van der Waals surface area contributed by atoms with Crippen molar-refractivity contribution in [1.29, 1.82) is 0 Å². The number of carbonyl (C=O) groups excluding carboxylic acids is 6. The molecule has 21 heteroatoms. The van der Waals surface area contributed by atoms with Crippen molar-refractivity contribution in [2.45, 2.75) is 108 Å². The van der Waals surface area contributed by atoms with Gasteiger partial charge < -0.3 is 37.9 Å². The summed E-state index contributed by atoms with van der Waals surface area (Å²) in [7, 11) is -3.97. The molecule has 6 aromatic rings. The average molecular weight is 1240 g/mol. The first-order valence-electron chi connectivity index (χ1n) is 29.7. The molecule has 5 aromatic carbocycles. The predicted octanol–water partition coefficient (Wildman–Crippen LogP) is 12.5. The van der Waals surface area contributed by atoms with E-state index in [4.69, 9.17) is 42.9 Å². The molecule has 2 aliphatic carbocycles. The third-order valence-electron chi connectivity index (χ3n) is 15.0. The van der Waals surface area contributed by atoms with Crippen molar-refractivity contribution in [1.82, 2.24) is 4.98 Å². The van der Waals surface area contributed by atoms with Crippen LogP contribution in [0.2, 0.25) is 0 Å². The summed E-state index contributed by atoms with van der Waals surface area (Å²) >= 11 is 1.24. The molecule has 464 valence electrons. The highest BCUT2D eigenvalue weighted by molar-refractivity contribution is 7.91. The molecule has 0 saturated heterocycles. The molecular formula is C67H73N3O16S2. The van der Waals surface area contributed by atoms with Crippen LogP contribution in [0.3, 0.4) is 0 Å². The van der Waals surface area contributed by atoms with E-state index in [-0.39, 0.29) is 27.1 Å². The number of fused-ring (bicyclic) bond motifs is 1. The maximum atomic E-state index is 14.0. The second-order valence-corrected chi connectivity index (χ2v) is 24.3. The Morgan fingerprint density at radius 2 is 0.932 bits per heavy atom. The second kappa shape index (κ2) is 33.4. The zero-order valence-electron chi connectivity index (χ0n) is 49.0. The molecule has 0 spiro atoms. The molecule has 19 nitrogen and oxygen atoms in total. The van der Waals surface area contributed by atoms with Crippen LogP contribution in [0.4, 0.5) is 5.13 Å². The van der Waals surface area contributed by atoms with Gasteiger partial charge in [0.25, 0.3) is 0 Å². The summed E-state index contributed by atoms with van der Waals surface area (Å²) in [6.07, 6.45) is 13.4. The number of anilines is 1. The quantitative estimate of drug-likeness (QED) is 0.00952. The van der Waals surface area contributed by atoms with Crippen LogP contribution in [0.25, 0.3) is 10.2 Å². The van der Waals surface area contributed by atoms with Crippen LogP contribution < -0.4 is 33.4 Å². The number of para-hydroxylation sites is 1. The molecule has 1 heterocycles. The Labute approximate surface area is 516 Å². The summed E-state index contributed by atoms with van der Waals surface area (Å²) in [6.45, 7) is 8.50. The van der Waals surface area contributed by atoms with Crippen molar-refractivity contribution in [2.75, 3.05) is 37.3 Å². The zero-order chi connectivity index (χ0) is 62.1.